The second-order valence-electron chi connectivity index (χ2n) is 6.41. The minimum absolute atomic E-state index is 0.0862. The Labute approximate surface area is 142 Å². The van der Waals surface area contributed by atoms with Crippen molar-refractivity contribution in [1.29, 1.82) is 0 Å². The normalized spacial score (nSPS) is 20.8. The summed E-state index contributed by atoms with van der Waals surface area (Å²) >= 11 is 0. The SMILES string of the molecule is NC1CCCC(Nc2nc(-c3c[nH]c4ncc(F)cc34)ncc2F)C1. The van der Waals surface area contributed by atoms with Gasteiger partial charge in [0.25, 0.3) is 0 Å². The van der Waals surface area contributed by atoms with Gasteiger partial charge in [-0.3, -0.25) is 0 Å². The van der Waals surface area contributed by atoms with Crippen LogP contribution in [0.25, 0.3) is 22.4 Å². The van der Waals surface area contributed by atoms with E-state index in [1.54, 1.807) is 6.20 Å². The van der Waals surface area contributed by atoms with E-state index in [4.69, 9.17) is 5.73 Å². The molecule has 25 heavy (non-hydrogen) atoms. The molecule has 0 bridgehead atoms. The van der Waals surface area contributed by atoms with E-state index in [0.29, 0.717) is 22.4 Å². The summed E-state index contributed by atoms with van der Waals surface area (Å²) in [5, 5.41) is 3.69. The lowest BCUT2D eigenvalue weighted by Gasteiger charge is -2.27. The Morgan fingerprint density at radius 2 is 2.08 bits per heavy atom. The Hall–Kier alpha value is -2.61. The van der Waals surface area contributed by atoms with Crippen molar-refractivity contribution in [3.8, 4) is 11.4 Å². The van der Waals surface area contributed by atoms with Gasteiger partial charge in [0.05, 0.1) is 12.4 Å². The molecule has 1 saturated carbocycles. The molecule has 6 nitrogen and oxygen atoms in total. The molecule has 3 aromatic rings. The number of anilines is 1. The monoisotopic (exact) mass is 344 g/mol. The number of rotatable bonds is 3. The number of hydrogen-bond donors (Lipinski definition) is 3. The molecule has 8 heteroatoms. The molecule has 1 aliphatic carbocycles. The number of nitrogens with one attached hydrogen (secondary N) is 2. The van der Waals surface area contributed by atoms with Gasteiger partial charge in [-0.2, -0.15) is 0 Å². The van der Waals surface area contributed by atoms with Gasteiger partial charge in [-0.1, -0.05) is 0 Å². The van der Waals surface area contributed by atoms with Gasteiger partial charge in [-0.15, -0.1) is 0 Å². The van der Waals surface area contributed by atoms with Gasteiger partial charge >= 0.3 is 0 Å². The molecular formula is C17H18F2N6. The van der Waals surface area contributed by atoms with Crippen LogP contribution in [0.2, 0.25) is 0 Å². The van der Waals surface area contributed by atoms with Crippen molar-refractivity contribution in [2.45, 2.75) is 37.8 Å². The fraction of sp³-hybridized carbons (Fsp3) is 0.353. The predicted octanol–water partition coefficient (Wildman–Crippen LogP) is 2.98. The van der Waals surface area contributed by atoms with Crippen LogP contribution in [0.3, 0.4) is 0 Å². The molecule has 1 fully saturated rings. The lowest BCUT2D eigenvalue weighted by molar-refractivity contribution is 0.407. The number of H-pyrrole nitrogens is 1. The molecule has 0 radical (unpaired) electrons. The molecule has 0 aliphatic heterocycles. The summed E-state index contributed by atoms with van der Waals surface area (Å²) in [5.74, 6) is -0.525. The first kappa shape index (κ1) is 15.9. The first-order valence-electron chi connectivity index (χ1n) is 8.28. The predicted molar refractivity (Wildman–Crippen MR) is 90.9 cm³/mol. The molecule has 2 unspecified atom stereocenters. The van der Waals surface area contributed by atoms with Crippen molar-refractivity contribution >= 4 is 16.9 Å². The third-order valence-corrected chi connectivity index (χ3v) is 4.54. The van der Waals surface area contributed by atoms with Crippen molar-refractivity contribution in [1.82, 2.24) is 19.9 Å². The molecule has 1 aliphatic rings. The minimum atomic E-state index is -0.521. The van der Waals surface area contributed by atoms with Crippen molar-refractivity contribution < 1.29 is 8.78 Å². The number of fused-ring (bicyclic) bond motifs is 1. The van der Waals surface area contributed by atoms with Gasteiger partial charge in [0.2, 0.25) is 0 Å². The fourth-order valence-corrected chi connectivity index (χ4v) is 3.31. The molecule has 4 rings (SSSR count). The zero-order valence-electron chi connectivity index (χ0n) is 13.5. The molecular weight excluding hydrogens is 326 g/mol. The van der Waals surface area contributed by atoms with E-state index >= 15 is 0 Å². The topological polar surface area (TPSA) is 92.5 Å². The quantitative estimate of drug-likeness (QED) is 0.679. The van der Waals surface area contributed by atoms with Gasteiger partial charge in [-0.25, -0.2) is 23.7 Å². The van der Waals surface area contributed by atoms with Crippen LogP contribution in [-0.4, -0.2) is 32.0 Å². The van der Waals surface area contributed by atoms with E-state index in [1.807, 2.05) is 0 Å². The van der Waals surface area contributed by atoms with Crippen molar-refractivity contribution in [2.24, 2.45) is 5.73 Å². The zero-order valence-corrected chi connectivity index (χ0v) is 13.5. The van der Waals surface area contributed by atoms with E-state index in [2.05, 4.69) is 25.3 Å². The maximum absolute atomic E-state index is 14.1. The fourth-order valence-electron chi connectivity index (χ4n) is 3.31. The third kappa shape index (κ3) is 3.17. The van der Waals surface area contributed by atoms with E-state index in [1.165, 1.54) is 6.07 Å². The molecule has 0 amide bonds. The standard InChI is InChI=1S/C17H18F2N6/c18-9-4-12-13(7-22-15(12)21-6-9)16-23-8-14(19)17(25-16)24-11-3-1-2-10(20)5-11/h4,6-8,10-11H,1-3,5,20H2,(H,21,22)(H,23,24,25). The molecule has 2 atom stereocenters. The van der Waals surface area contributed by atoms with Gasteiger partial charge in [0.1, 0.15) is 11.5 Å². The van der Waals surface area contributed by atoms with E-state index in [-0.39, 0.29) is 17.9 Å². The highest BCUT2D eigenvalue weighted by Crippen LogP contribution is 2.28. The van der Waals surface area contributed by atoms with Crippen molar-refractivity contribution in [3.63, 3.8) is 0 Å². The summed E-state index contributed by atoms with van der Waals surface area (Å²) < 4.78 is 27.6. The van der Waals surface area contributed by atoms with Crippen LogP contribution in [0.1, 0.15) is 25.7 Å². The molecule has 4 N–H and O–H groups in total. The maximum atomic E-state index is 14.1. The van der Waals surface area contributed by atoms with Crippen LogP contribution in [0.15, 0.2) is 24.7 Å². The zero-order chi connectivity index (χ0) is 17.4. The number of aromatic nitrogens is 4. The summed E-state index contributed by atoms with van der Waals surface area (Å²) in [4.78, 5) is 15.3. The van der Waals surface area contributed by atoms with Crippen LogP contribution >= 0.6 is 0 Å². The number of aromatic amines is 1. The smallest absolute Gasteiger partial charge is 0.183 e. The highest BCUT2D eigenvalue weighted by molar-refractivity contribution is 5.91. The lowest BCUT2D eigenvalue weighted by atomic mass is 9.92. The summed E-state index contributed by atoms with van der Waals surface area (Å²) in [5.41, 5.74) is 7.09. The van der Waals surface area contributed by atoms with Gasteiger partial charge in [0, 0.05) is 29.2 Å². The molecule has 0 aromatic carbocycles. The molecule has 130 valence electrons. The van der Waals surface area contributed by atoms with E-state index < -0.39 is 11.6 Å². The summed E-state index contributed by atoms with van der Waals surface area (Å²) in [6.45, 7) is 0. The first-order chi connectivity index (χ1) is 12.1. The second kappa shape index (κ2) is 6.36. The van der Waals surface area contributed by atoms with Gasteiger partial charge < -0.3 is 16.0 Å². The Morgan fingerprint density at radius 1 is 1.20 bits per heavy atom. The highest BCUT2D eigenvalue weighted by atomic mass is 19.1. The van der Waals surface area contributed by atoms with Crippen LogP contribution in [0, 0.1) is 11.6 Å². The van der Waals surface area contributed by atoms with Crippen LogP contribution in [0.5, 0.6) is 0 Å². The minimum Gasteiger partial charge on any atom is -0.365 e. The average molecular weight is 344 g/mol. The van der Waals surface area contributed by atoms with Crippen LogP contribution in [-0.2, 0) is 0 Å². The number of nitrogens with two attached hydrogens (primary N) is 1. The van der Waals surface area contributed by atoms with Gasteiger partial charge in [-0.05, 0) is 31.7 Å². The Balaban J connectivity index is 1.67. The summed E-state index contributed by atoms with van der Waals surface area (Å²) in [7, 11) is 0. The Kier molecular flexibility index (Phi) is 4.04. The van der Waals surface area contributed by atoms with Crippen LogP contribution < -0.4 is 11.1 Å². The molecule has 0 saturated heterocycles. The second-order valence-corrected chi connectivity index (χ2v) is 6.41. The molecule has 0 spiro atoms. The Bertz CT molecular complexity index is 909. The number of pyridine rings is 1. The maximum Gasteiger partial charge on any atom is 0.183 e. The highest BCUT2D eigenvalue weighted by Gasteiger charge is 2.21. The number of halogens is 2. The third-order valence-electron chi connectivity index (χ3n) is 4.54. The molecule has 3 aromatic heterocycles. The summed E-state index contributed by atoms with van der Waals surface area (Å²) in [6.07, 6.45) is 7.60. The largest absolute Gasteiger partial charge is 0.365 e. The number of hydrogen-bond acceptors (Lipinski definition) is 5. The van der Waals surface area contributed by atoms with Crippen molar-refractivity contribution in [2.75, 3.05) is 5.32 Å². The Morgan fingerprint density at radius 3 is 2.92 bits per heavy atom. The lowest BCUT2D eigenvalue weighted by Crippen LogP contribution is -2.35. The van der Waals surface area contributed by atoms with Crippen LogP contribution in [0.4, 0.5) is 14.6 Å². The molecule has 3 heterocycles. The van der Waals surface area contributed by atoms with E-state index in [0.717, 1.165) is 38.1 Å². The first-order valence-corrected chi connectivity index (χ1v) is 8.28. The van der Waals surface area contributed by atoms with Gasteiger partial charge in [0.15, 0.2) is 17.5 Å². The summed E-state index contributed by atoms with van der Waals surface area (Å²) in [6, 6.07) is 1.56. The number of nitrogens with zero attached hydrogens (tertiary/aromatic N) is 3. The van der Waals surface area contributed by atoms with Crippen molar-refractivity contribution in [3.05, 3.63) is 36.3 Å². The van der Waals surface area contributed by atoms with E-state index in [9.17, 15) is 8.78 Å². The average Bonchev–Trinajstić information content (AvgIpc) is 3.00.